The lowest BCUT2D eigenvalue weighted by Crippen LogP contribution is -1.92. The molecule has 0 atom stereocenters. The second-order valence-electron chi connectivity index (χ2n) is 8.81. The molecule has 1 nitrogen and oxygen atoms in total. The zero-order valence-corrected chi connectivity index (χ0v) is 19.2. The summed E-state index contributed by atoms with van der Waals surface area (Å²) in [5.41, 5.74) is 8.89. The minimum Gasteiger partial charge on any atom is -0.256 e. The molecule has 0 amide bonds. The van der Waals surface area contributed by atoms with Crippen molar-refractivity contribution in [2.75, 3.05) is 0 Å². The Morgan fingerprint density at radius 1 is 0.606 bits per heavy atom. The Morgan fingerprint density at radius 2 is 1.36 bits per heavy atom. The van der Waals surface area contributed by atoms with Crippen LogP contribution < -0.4 is 0 Å². The summed E-state index contributed by atoms with van der Waals surface area (Å²) < 4.78 is 0. The van der Waals surface area contributed by atoms with Crippen LogP contribution >= 0.6 is 0 Å². The highest BCUT2D eigenvalue weighted by molar-refractivity contribution is 5.98. The Hall–Kier alpha value is -3.71. The molecule has 5 rings (SSSR count). The van der Waals surface area contributed by atoms with Crippen molar-refractivity contribution in [2.45, 2.75) is 32.6 Å². The zero-order chi connectivity index (χ0) is 22.5. The maximum Gasteiger partial charge on any atom is 0.0702 e. The molecule has 33 heavy (non-hydrogen) atoms. The van der Waals surface area contributed by atoms with Gasteiger partial charge in [-0.05, 0) is 83.8 Å². The van der Waals surface area contributed by atoms with Crippen LogP contribution in [0.5, 0.6) is 0 Å². The third-order valence-electron chi connectivity index (χ3n) is 6.43. The Balaban J connectivity index is 1.37. The lowest BCUT2D eigenvalue weighted by Gasteiger charge is -2.12. The van der Waals surface area contributed by atoms with E-state index in [4.69, 9.17) is 0 Å². The van der Waals surface area contributed by atoms with Crippen molar-refractivity contribution in [1.29, 1.82) is 0 Å². The van der Waals surface area contributed by atoms with Gasteiger partial charge in [-0.3, -0.25) is 4.98 Å². The van der Waals surface area contributed by atoms with Gasteiger partial charge in [0.2, 0.25) is 0 Å². The quantitative estimate of drug-likeness (QED) is 0.237. The van der Waals surface area contributed by atoms with Crippen molar-refractivity contribution in [3.05, 3.63) is 126 Å². The van der Waals surface area contributed by atoms with E-state index in [0.717, 1.165) is 24.1 Å². The monoisotopic (exact) mass is 427 g/mol. The van der Waals surface area contributed by atoms with Gasteiger partial charge >= 0.3 is 0 Å². The lowest BCUT2D eigenvalue weighted by molar-refractivity contribution is 0.737. The highest BCUT2D eigenvalue weighted by Crippen LogP contribution is 2.33. The lowest BCUT2D eigenvalue weighted by atomic mass is 9.92. The van der Waals surface area contributed by atoms with Crippen molar-refractivity contribution in [3.63, 3.8) is 0 Å². The van der Waals surface area contributed by atoms with Crippen LogP contribution in [0.1, 0.15) is 29.5 Å². The summed E-state index contributed by atoms with van der Waals surface area (Å²) in [6.07, 6.45) is 6.53. The van der Waals surface area contributed by atoms with Crippen LogP contribution in [0, 0.1) is 6.92 Å². The minimum atomic E-state index is 1.01. The van der Waals surface area contributed by atoms with E-state index in [1.165, 1.54) is 51.4 Å². The van der Waals surface area contributed by atoms with E-state index in [1.54, 1.807) is 0 Å². The predicted molar refractivity (Wildman–Crippen MR) is 140 cm³/mol. The van der Waals surface area contributed by atoms with Gasteiger partial charge in [0.25, 0.3) is 0 Å². The van der Waals surface area contributed by atoms with E-state index in [-0.39, 0.29) is 0 Å². The number of rotatable bonds is 7. The first-order valence-corrected chi connectivity index (χ1v) is 11.9. The highest BCUT2D eigenvalue weighted by atomic mass is 14.7. The number of hydrogen-bond donors (Lipinski definition) is 0. The van der Waals surface area contributed by atoms with Crippen LogP contribution in [0.3, 0.4) is 0 Å². The molecular formula is C32H29N. The molecule has 4 aromatic carbocycles. The fraction of sp³-hybridized carbons (Fsp3) is 0.156. The standard InChI is InChI=1S/C32H29N/c1-24-18-20-25(21-19-24)9-2-3-10-26-11-7-16-31-29(26)14-8-15-30(31)27-12-6-13-28(23-27)32-17-4-5-22-33-32/h4-8,11-23H,2-3,9-10H2,1H3. The fourth-order valence-corrected chi connectivity index (χ4v) is 4.62. The topological polar surface area (TPSA) is 12.9 Å². The second kappa shape index (κ2) is 9.83. The largest absolute Gasteiger partial charge is 0.256 e. The van der Waals surface area contributed by atoms with Crippen LogP contribution in [0.2, 0.25) is 0 Å². The third kappa shape index (κ3) is 4.88. The van der Waals surface area contributed by atoms with E-state index in [9.17, 15) is 0 Å². The Labute approximate surface area is 196 Å². The van der Waals surface area contributed by atoms with Gasteiger partial charge in [0.05, 0.1) is 5.69 Å². The van der Waals surface area contributed by atoms with Gasteiger partial charge in [0.15, 0.2) is 0 Å². The summed E-state index contributed by atoms with van der Waals surface area (Å²) in [5.74, 6) is 0. The average molecular weight is 428 g/mol. The molecular weight excluding hydrogens is 398 g/mol. The van der Waals surface area contributed by atoms with Crippen LogP contribution in [0.15, 0.2) is 109 Å². The first-order valence-electron chi connectivity index (χ1n) is 11.9. The minimum absolute atomic E-state index is 1.01. The SMILES string of the molecule is Cc1ccc(CCCCc2cccc3c(-c4cccc(-c5ccccn5)c4)cccc23)cc1. The second-order valence-corrected chi connectivity index (χ2v) is 8.81. The molecule has 162 valence electrons. The van der Waals surface area contributed by atoms with E-state index < -0.39 is 0 Å². The summed E-state index contributed by atoms with van der Waals surface area (Å²) in [5, 5.41) is 2.69. The predicted octanol–water partition coefficient (Wildman–Crippen LogP) is 8.44. The molecule has 0 saturated heterocycles. The molecule has 0 fully saturated rings. The number of benzene rings is 4. The zero-order valence-electron chi connectivity index (χ0n) is 19.2. The number of nitrogens with zero attached hydrogens (tertiary/aromatic N) is 1. The fourth-order valence-electron chi connectivity index (χ4n) is 4.62. The van der Waals surface area contributed by atoms with Crippen LogP contribution in [0.25, 0.3) is 33.2 Å². The molecule has 0 aliphatic rings. The van der Waals surface area contributed by atoms with Crippen molar-refractivity contribution < 1.29 is 0 Å². The van der Waals surface area contributed by atoms with Gasteiger partial charge in [-0.1, -0.05) is 90.5 Å². The van der Waals surface area contributed by atoms with Gasteiger partial charge in [-0.25, -0.2) is 0 Å². The van der Waals surface area contributed by atoms with Crippen molar-refractivity contribution >= 4 is 10.8 Å². The molecule has 5 aromatic rings. The molecule has 0 N–H and O–H groups in total. The van der Waals surface area contributed by atoms with Gasteiger partial charge in [0.1, 0.15) is 0 Å². The summed E-state index contributed by atoms with van der Waals surface area (Å²) in [6, 6.07) is 37.2. The number of aromatic nitrogens is 1. The average Bonchev–Trinajstić information content (AvgIpc) is 2.88. The molecule has 1 heteroatoms. The third-order valence-corrected chi connectivity index (χ3v) is 6.43. The van der Waals surface area contributed by atoms with Crippen molar-refractivity contribution in [3.8, 4) is 22.4 Å². The van der Waals surface area contributed by atoms with E-state index in [1.807, 2.05) is 18.3 Å². The Bertz CT molecular complexity index is 1350. The normalized spacial score (nSPS) is 11.1. The summed E-state index contributed by atoms with van der Waals surface area (Å²) >= 11 is 0. The van der Waals surface area contributed by atoms with Gasteiger partial charge in [-0.15, -0.1) is 0 Å². The number of fused-ring (bicyclic) bond motifs is 1. The maximum atomic E-state index is 4.53. The number of hydrogen-bond acceptors (Lipinski definition) is 1. The van der Waals surface area contributed by atoms with Crippen molar-refractivity contribution in [2.24, 2.45) is 0 Å². The van der Waals surface area contributed by atoms with Crippen LogP contribution in [-0.2, 0) is 12.8 Å². The summed E-state index contributed by atoms with van der Waals surface area (Å²) in [7, 11) is 0. The summed E-state index contributed by atoms with van der Waals surface area (Å²) in [6.45, 7) is 2.15. The van der Waals surface area contributed by atoms with Gasteiger partial charge < -0.3 is 0 Å². The van der Waals surface area contributed by atoms with Crippen LogP contribution in [-0.4, -0.2) is 4.98 Å². The highest BCUT2D eigenvalue weighted by Gasteiger charge is 2.08. The molecule has 1 aromatic heterocycles. The number of aryl methyl sites for hydroxylation is 3. The number of unbranched alkanes of at least 4 members (excludes halogenated alkanes) is 1. The maximum absolute atomic E-state index is 4.53. The molecule has 1 heterocycles. The van der Waals surface area contributed by atoms with Gasteiger partial charge in [0, 0.05) is 11.8 Å². The Morgan fingerprint density at radius 3 is 2.21 bits per heavy atom. The Kier molecular flexibility index (Phi) is 6.30. The first-order chi connectivity index (χ1) is 16.3. The molecule has 0 spiro atoms. The molecule has 0 bridgehead atoms. The first kappa shape index (κ1) is 21.2. The van der Waals surface area contributed by atoms with Crippen molar-refractivity contribution in [1.82, 2.24) is 4.98 Å². The van der Waals surface area contributed by atoms with Crippen LogP contribution in [0.4, 0.5) is 0 Å². The van der Waals surface area contributed by atoms with E-state index in [0.29, 0.717) is 0 Å². The van der Waals surface area contributed by atoms with E-state index >= 15 is 0 Å². The molecule has 0 radical (unpaired) electrons. The molecule has 0 aliphatic heterocycles. The van der Waals surface area contributed by atoms with E-state index in [2.05, 4.69) is 103 Å². The smallest absolute Gasteiger partial charge is 0.0702 e. The molecule has 0 aliphatic carbocycles. The van der Waals surface area contributed by atoms with Gasteiger partial charge in [-0.2, -0.15) is 0 Å². The summed E-state index contributed by atoms with van der Waals surface area (Å²) in [4.78, 5) is 4.53. The molecule has 0 unspecified atom stereocenters. The number of pyridine rings is 1. The molecule has 0 saturated carbocycles.